The highest BCUT2D eigenvalue weighted by Crippen LogP contribution is 2.23. The van der Waals surface area contributed by atoms with E-state index in [9.17, 15) is 4.79 Å². The molecule has 0 aliphatic carbocycles. The Balaban J connectivity index is 3.04. The van der Waals surface area contributed by atoms with Crippen LogP contribution in [0.2, 0.25) is 5.02 Å². The van der Waals surface area contributed by atoms with Crippen LogP contribution >= 0.6 is 27.5 Å². The Kier molecular flexibility index (Phi) is 4.81. The van der Waals surface area contributed by atoms with Gasteiger partial charge in [-0.1, -0.05) is 11.6 Å². The first-order chi connectivity index (χ1) is 7.47. The van der Waals surface area contributed by atoms with Gasteiger partial charge in [0.1, 0.15) is 0 Å². The molecule has 1 rings (SSSR count). The van der Waals surface area contributed by atoms with Crippen molar-refractivity contribution in [2.45, 2.75) is 26.8 Å². The fourth-order valence-electron chi connectivity index (χ4n) is 1.56. The van der Waals surface area contributed by atoms with E-state index in [-0.39, 0.29) is 11.9 Å². The Morgan fingerprint density at radius 2 is 2.12 bits per heavy atom. The van der Waals surface area contributed by atoms with Gasteiger partial charge in [0.2, 0.25) is 0 Å². The Hall–Kier alpha value is -0.540. The average Bonchev–Trinajstić information content (AvgIpc) is 2.17. The molecule has 0 atom stereocenters. The summed E-state index contributed by atoms with van der Waals surface area (Å²) in [5.74, 6) is 0.0287. The molecular formula is C12H15BrClNO. The SMILES string of the molecule is CCN(C(=O)c1ccc(Cl)cc1Br)C(C)C. The van der Waals surface area contributed by atoms with Crippen LogP contribution in [0.4, 0.5) is 0 Å². The van der Waals surface area contributed by atoms with E-state index in [2.05, 4.69) is 15.9 Å². The summed E-state index contributed by atoms with van der Waals surface area (Å²) < 4.78 is 0.740. The summed E-state index contributed by atoms with van der Waals surface area (Å²) >= 11 is 9.21. The van der Waals surface area contributed by atoms with Crippen molar-refractivity contribution in [3.63, 3.8) is 0 Å². The van der Waals surface area contributed by atoms with E-state index in [1.54, 1.807) is 18.2 Å². The maximum atomic E-state index is 12.2. The molecule has 0 bridgehead atoms. The van der Waals surface area contributed by atoms with E-state index >= 15 is 0 Å². The lowest BCUT2D eigenvalue weighted by molar-refractivity contribution is 0.0716. The van der Waals surface area contributed by atoms with Crippen LogP contribution in [0.15, 0.2) is 22.7 Å². The molecule has 0 aliphatic heterocycles. The van der Waals surface area contributed by atoms with E-state index in [0.29, 0.717) is 17.1 Å². The number of carbonyl (C=O) groups excluding carboxylic acids is 1. The van der Waals surface area contributed by atoms with E-state index in [4.69, 9.17) is 11.6 Å². The molecule has 88 valence electrons. The van der Waals surface area contributed by atoms with Crippen LogP contribution in [0.5, 0.6) is 0 Å². The predicted octanol–water partition coefficient (Wildman–Crippen LogP) is 3.97. The van der Waals surface area contributed by atoms with Crippen molar-refractivity contribution >= 4 is 33.4 Å². The Morgan fingerprint density at radius 3 is 2.56 bits per heavy atom. The van der Waals surface area contributed by atoms with Gasteiger partial charge in [0, 0.05) is 22.1 Å². The van der Waals surface area contributed by atoms with E-state index in [1.165, 1.54) is 0 Å². The predicted molar refractivity (Wildman–Crippen MR) is 71.0 cm³/mol. The van der Waals surface area contributed by atoms with Crippen molar-refractivity contribution in [3.05, 3.63) is 33.3 Å². The Bertz CT molecular complexity index is 393. The lowest BCUT2D eigenvalue weighted by atomic mass is 10.1. The van der Waals surface area contributed by atoms with Gasteiger partial charge in [0.05, 0.1) is 5.56 Å². The van der Waals surface area contributed by atoms with Crippen LogP contribution < -0.4 is 0 Å². The highest BCUT2D eigenvalue weighted by atomic mass is 79.9. The van der Waals surface area contributed by atoms with Gasteiger partial charge in [0.15, 0.2) is 0 Å². The number of amides is 1. The normalized spacial score (nSPS) is 10.6. The summed E-state index contributed by atoms with van der Waals surface area (Å²) in [4.78, 5) is 14.0. The van der Waals surface area contributed by atoms with Crippen molar-refractivity contribution in [3.8, 4) is 0 Å². The smallest absolute Gasteiger partial charge is 0.255 e. The minimum atomic E-state index is 0.0287. The van der Waals surface area contributed by atoms with Gasteiger partial charge < -0.3 is 4.90 Å². The molecule has 0 fully saturated rings. The van der Waals surface area contributed by atoms with Crippen molar-refractivity contribution in [1.82, 2.24) is 4.90 Å². The second kappa shape index (κ2) is 5.69. The number of hydrogen-bond donors (Lipinski definition) is 0. The maximum Gasteiger partial charge on any atom is 0.255 e. The third-order valence-electron chi connectivity index (χ3n) is 2.39. The number of nitrogens with zero attached hydrogens (tertiary/aromatic N) is 1. The molecule has 0 aliphatic rings. The van der Waals surface area contributed by atoms with E-state index in [1.807, 2.05) is 25.7 Å². The lowest BCUT2D eigenvalue weighted by Crippen LogP contribution is -2.36. The molecule has 4 heteroatoms. The minimum Gasteiger partial charge on any atom is -0.336 e. The summed E-state index contributed by atoms with van der Waals surface area (Å²) in [5.41, 5.74) is 0.653. The summed E-state index contributed by atoms with van der Waals surface area (Å²) in [5, 5.41) is 0.621. The molecule has 0 saturated heterocycles. The fraction of sp³-hybridized carbons (Fsp3) is 0.417. The number of hydrogen-bond acceptors (Lipinski definition) is 1. The zero-order valence-electron chi connectivity index (χ0n) is 9.63. The second-order valence-corrected chi connectivity index (χ2v) is 5.10. The summed E-state index contributed by atoms with van der Waals surface area (Å²) in [6.07, 6.45) is 0. The summed E-state index contributed by atoms with van der Waals surface area (Å²) in [6.45, 7) is 6.68. The number of benzene rings is 1. The van der Waals surface area contributed by atoms with Gasteiger partial charge in [-0.25, -0.2) is 0 Å². The number of halogens is 2. The highest BCUT2D eigenvalue weighted by molar-refractivity contribution is 9.10. The topological polar surface area (TPSA) is 20.3 Å². The van der Waals surface area contributed by atoms with Crippen molar-refractivity contribution in [1.29, 1.82) is 0 Å². The molecule has 1 aromatic carbocycles. The van der Waals surface area contributed by atoms with Crippen molar-refractivity contribution in [2.24, 2.45) is 0 Å². The monoisotopic (exact) mass is 303 g/mol. The summed E-state index contributed by atoms with van der Waals surface area (Å²) in [6, 6.07) is 5.41. The molecule has 16 heavy (non-hydrogen) atoms. The van der Waals surface area contributed by atoms with Crippen LogP contribution in [0, 0.1) is 0 Å². The third kappa shape index (κ3) is 2.98. The second-order valence-electron chi connectivity index (χ2n) is 3.81. The van der Waals surface area contributed by atoms with Gasteiger partial charge >= 0.3 is 0 Å². The molecule has 0 unspecified atom stereocenters. The molecule has 0 saturated carbocycles. The van der Waals surface area contributed by atoms with Gasteiger partial charge in [-0.05, 0) is 54.9 Å². The molecule has 2 nitrogen and oxygen atoms in total. The van der Waals surface area contributed by atoms with Gasteiger partial charge in [0.25, 0.3) is 5.91 Å². The standard InChI is InChI=1S/C12H15BrClNO/c1-4-15(8(2)3)12(16)10-6-5-9(14)7-11(10)13/h5-8H,4H2,1-3H3. The van der Waals surface area contributed by atoms with Gasteiger partial charge in [-0.2, -0.15) is 0 Å². The number of carbonyl (C=O) groups is 1. The van der Waals surface area contributed by atoms with Crippen molar-refractivity contribution in [2.75, 3.05) is 6.54 Å². The van der Waals surface area contributed by atoms with Gasteiger partial charge in [-0.3, -0.25) is 4.79 Å². The van der Waals surface area contributed by atoms with Crippen LogP contribution in [-0.4, -0.2) is 23.4 Å². The molecular weight excluding hydrogens is 289 g/mol. The molecule has 0 heterocycles. The molecule has 0 radical (unpaired) electrons. The van der Waals surface area contributed by atoms with Crippen LogP contribution in [0.25, 0.3) is 0 Å². The molecule has 0 N–H and O–H groups in total. The van der Waals surface area contributed by atoms with Gasteiger partial charge in [-0.15, -0.1) is 0 Å². The molecule has 0 spiro atoms. The average molecular weight is 305 g/mol. The van der Waals surface area contributed by atoms with E-state index < -0.39 is 0 Å². The van der Waals surface area contributed by atoms with Crippen LogP contribution in [0.3, 0.4) is 0 Å². The van der Waals surface area contributed by atoms with Crippen LogP contribution in [-0.2, 0) is 0 Å². The van der Waals surface area contributed by atoms with Crippen LogP contribution in [0.1, 0.15) is 31.1 Å². The molecule has 0 aromatic heterocycles. The molecule has 1 amide bonds. The number of rotatable bonds is 3. The van der Waals surface area contributed by atoms with Crippen molar-refractivity contribution < 1.29 is 4.79 Å². The lowest BCUT2D eigenvalue weighted by Gasteiger charge is -2.25. The quantitative estimate of drug-likeness (QED) is 0.827. The minimum absolute atomic E-state index is 0.0287. The molecule has 1 aromatic rings. The Labute approximate surface area is 110 Å². The third-order valence-corrected chi connectivity index (χ3v) is 3.28. The summed E-state index contributed by atoms with van der Waals surface area (Å²) in [7, 11) is 0. The first kappa shape index (κ1) is 13.5. The fourth-order valence-corrected chi connectivity index (χ4v) is 2.41. The largest absolute Gasteiger partial charge is 0.336 e. The highest BCUT2D eigenvalue weighted by Gasteiger charge is 2.19. The first-order valence-corrected chi connectivity index (χ1v) is 6.40. The maximum absolute atomic E-state index is 12.2. The first-order valence-electron chi connectivity index (χ1n) is 5.23. The Morgan fingerprint density at radius 1 is 1.50 bits per heavy atom. The zero-order chi connectivity index (χ0) is 12.3. The zero-order valence-corrected chi connectivity index (χ0v) is 12.0. The van der Waals surface area contributed by atoms with E-state index in [0.717, 1.165) is 4.47 Å².